The minimum atomic E-state index is -0.589. The van der Waals surface area contributed by atoms with Crippen LogP contribution in [0.5, 0.6) is 5.75 Å². The highest BCUT2D eigenvalue weighted by molar-refractivity contribution is 6.30. The van der Waals surface area contributed by atoms with Gasteiger partial charge in [-0.25, -0.2) is 0 Å². The van der Waals surface area contributed by atoms with Crippen molar-refractivity contribution in [3.63, 3.8) is 0 Å². The van der Waals surface area contributed by atoms with Crippen LogP contribution in [0.2, 0.25) is 5.02 Å². The summed E-state index contributed by atoms with van der Waals surface area (Å²) in [6.07, 6.45) is 4.42. The Morgan fingerprint density at radius 3 is 2.95 bits per heavy atom. The van der Waals surface area contributed by atoms with Gasteiger partial charge in [-0.05, 0) is 36.4 Å². The molecule has 0 spiro atoms. The van der Waals surface area contributed by atoms with Crippen molar-refractivity contribution >= 4 is 23.6 Å². The quantitative estimate of drug-likeness (QED) is 0.803. The molecule has 2 rings (SSSR count). The van der Waals surface area contributed by atoms with Crippen LogP contribution < -0.4 is 10.1 Å². The van der Waals surface area contributed by atoms with Crippen molar-refractivity contribution in [2.75, 3.05) is 13.7 Å². The number of aliphatic hydroxyl groups is 1. The van der Waals surface area contributed by atoms with Crippen molar-refractivity contribution in [3.8, 4) is 5.75 Å². The Balaban J connectivity index is 2.06. The van der Waals surface area contributed by atoms with Crippen LogP contribution in [-0.2, 0) is 4.79 Å². The van der Waals surface area contributed by atoms with Gasteiger partial charge in [0, 0.05) is 16.7 Å². The second-order valence-corrected chi connectivity index (χ2v) is 4.92. The molecule has 0 fully saturated rings. The van der Waals surface area contributed by atoms with Gasteiger partial charge in [0.25, 0.3) is 0 Å². The molecule has 1 aromatic heterocycles. The minimum Gasteiger partial charge on any atom is -0.496 e. The lowest BCUT2D eigenvalue weighted by atomic mass is 10.2. The van der Waals surface area contributed by atoms with Gasteiger partial charge >= 0.3 is 0 Å². The van der Waals surface area contributed by atoms with Crippen molar-refractivity contribution in [1.29, 1.82) is 0 Å². The Morgan fingerprint density at radius 1 is 1.50 bits per heavy atom. The standard InChI is InChI=1S/C16H16ClNO4/c1-21-14-6-5-12(17)9-11(14)4-7-16(20)18-13(10-19)15-3-2-8-22-15/h2-9,13,19H,10H2,1H3,(H,18,20)/b7-4+. The van der Waals surface area contributed by atoms with Crippen molar-refractivity contribution < 1.29 is 19.1 Å². The summed E-state index contributed by atoms with van der Waals surface area (Å²) >= 11 is 5.93. The van der Waals surface area contributed by atoms with Crippen LogP contribution >= 0.6 is 11.6 Å². The van der Waals surface area contributed by atoms with Gasteiger partial charge in [0.2, 0.25) is 5.91 Å². The lowest BCUT2D eigenvalue weighted by Gasteiger charge is -2.12. The number of carbonyl (C=O) groups is 1. The maximum atomic E-state index is 11.9. The topological polar surface area (TPSA) is 71.7 Å². The number of amides is 1. The summed E-state index contributed by atoms with van der Waals surface area (Å²) in [5.74, 6) is 0.736. The third kappa shape index (κ3) is 4.13. The molecule has 0 aliphatic heterocycles. The first-order valence-electron chi connectivity index (χ1n) is 6.60. The number of aliphatic hydroxyl groups excluding tert-OH is 1. The Kier molecular flexibility index (Phi) is 5.63. The van der Waals surface area contributed by atoms with E-state index in [2.05, 4.69) is 5.32 Å². The van der Waals surface area contributed by atoms with Crippen molar-refractivity contribution in [2.45, 2.75) is 6.04 Å². The molecule has 6 heteroatoms. The van der Waals surface area contributed by atoms with Crippen LogP contribution in [0.4, 0.5) is 0 Å². The summed E-state index contributed by atoms with van der Waals surface area (Å²) < 4.78 is 10.4. The summed E-state index contributed by atoms with van der Waals surface area (Å²) in [5, 5.41) is 12.5. The van der Waals surface area contributed by atoms with Gasteiger partial charge in [-0.3, -0.25) is 4.79 Å². The van der Waals surface area contributed by atoms with Gasteiger partial charge in [0.15, 0.2) is 0 Å². The van der Waals surface area contributed by atoms with Crippen LogP contribution in [0.15, 0.2) is 47.1 Å². The van der Waals surface area contributed by atoms with Gasteiger partial charge in [-0.2, -0.15) is 0 Å². The van der Waals surface area contributed by atoms with E-state index in [1.54, 1.807) is 43.5 Å². The summed E-state index contributed by atoms with van der Waals surface area (Å²) in [5.41, 5.74) is 0.684. The molecule has 0 saturated heterocycles. The molecule has 22 heavy (non-hydrogen) atoms. The zero-order chi connectivity index (χ0) is 15.9. The van der Waals surface area contributed by atoms with Gasteiger partial charge in [-0.1, -0.05) is 11.6 Å². The Bertz CT molecular complexity index is 652. The van der Waals surface area contributed by atoms with Crippen LogP contribution in [0.3, 0.4) is 0 Å². The van der Waals surface area contributed by atoms with E-state index in [1.165, 1.54) is 12.3 Å². The summed E-state index contributed by atoms with van der Waals surface area (Å²) in [4.78, 5) is 11.9. The van der Waals surface area contributed by atoms with E-state index < -0.39 is 6.04 Å². The van der Waals surface area contributed by atoms with Crippen LogP contribution in [0, 0.1) is 0 Å². The zero-order valence-corrected chi connectivity index (χ0v) is 12.7. The molecule has 5 nitrogen and oxygen atoms in total. The fourth-order valence-corrected chi connectivity index (χ4v) is 2.10. The largest absolute Gasteiger partial charge is 0.496 e. The average molecular weight is 322 g/mol. The summed E-state index contributed by atoms with van der Waals surface area (Å²) in [6, 6.07) is 7.91. The van der Waals surface area contributed by atoms with Crippen molar-refractivity contribution in [3.05, 3.63) is 59.0 Å². The smallest absolute Gasteiger partial charge is 0.244 e. The summed E-state index contributed by atoms with van der Waals surface area (Å²) in [7, 11) is 1.54. The molecule has 1 heterocycles. The van der Waals surface area contributed by atoms with E-state index in [4.69, 9.17) is 20.8 Å². The minimum absolute atomic E-state index is 0.256. The molecule has 0 bridgehead atoms. The SMILES string of the molecule is COc1ccc(Cl)cc1/C=C/C(=O)NC(CO)c1ccco1. The van der Waals surface area contributed by atoms with E-state index in [0.717, 1.165) is 0 Å². The normalized spacial score (nSPS) is 12.3. The highest BCUT2D eigenvalue weighted by Crippen LogP contribution is 2.23. The molecule has 0 aliphatic rings. The first-order chi connectivity index (χ1) is 10.6. The van der Waals surface area contributed by atoms with E-state index in [-0.39, 0.29) is 12.5 Å². The van der Waals surface area contributed by atoms with E-state index in [9.17, 15) is 9.90 Å². The lowest BCUT2D eigenvalue weighted by Crippen LogP contribution is -2.28. The maximum absolute atomic E-state index is 11.9. The number of ether oxygens (including phenoxy) is 1. The van der Waals surface area contributed by atoms with Gasteiger partial charge in [0.1, 0.15) is 17.6 Å². The maximum Gasteiger partial charge on any atom is 0.244 e. The number of nitrogens with one attached hydrogen (secondary N) is 1. The second-order valence-electron chi connectivity index (χ2n) is 4.48. The molecular formula is C16H16ClNO4. The van der Waals surface area contributed by atoms with Crippen LogP contribution in [-0.4, -0.2) is 24.7 Å². The number of methoxy groups -OCH3 is 1. The molecule has 116 valence electrons. The van der Waals surface area contributed by atoms with Crippen molar-refractivity contribution in [1.82, 2.24) is 5.32 Å². The number of furan rings is 1. The van der Waals surface area contributed by atoms with Gasteiger partial charge < -0.3 is 19.6 Å². The van der Waals surface area contributed by atoms with E-state index in [0.29, 0.717) is 22.1 Å². The Morgan fingerprint density at radius 2 is 2.32 bits per heavy atom. The predicted molar refractivity (Wildman–Crippen MR) is 83.7 cm³/mol. The zero-order valence-electron chi connectivity index (χ0n) is 12.0. The van der Waals surface area contributed by atoms with Crippen LogP contribution in [0.1, 0.15) is 17.4 Å². The molecule has 1 amide bonds. The number of benzene rings is 1. The third-order valence-electron chi connectivity index (χ3n) is 2.99. The highest BCUT2D eigenvalue weighted by atomic mass is 35.5. The monoisotopic (exact) mass is 321 g/mol. The van der Waals surface area contributed by atoms with Gasteiger partial charge in [-0.15, -0.1) is 0 Å². The van der Waals surface area contributed by atoms with E-state index >= 15 is 0 Å². The molecule has 1 unspecified atom stereocenters. The third-order valence-corrected chi connectivity index (χ3v) is 3.23. The molecule has 2 aromatic rings. The first kappa shape index (κ1) is 16.1. The number of hydrogen-bond donors (Lipinski definition) is 2. The fraction of sp³-hybridized carbons (Fsp3) is 0.188. The first-order valence-corrected chi connectivity index (χ1v) is 6.98. The molecule has 2 N–H and O–H groups in total. The molecule has 0 radical (unpaired) electrons. The number of halogens is 1. The number of rotatable bonds is 6. The van der Waals surface area contributed by atoms with Crippen LogP contribution in [0.25, 0.3) is 6.08 Å². The Hall–Kier alpha value is -2.24. The second kappa shape index (κ2) is 7.68. The Labute approximate surface area is 133 Å². The molecular weight excluding hydrogens is 306 g/mol. The lowest BCUT2D eigenvalue weighted by molar-refractivity contribution is -0.117. The molecule has 0 saturated carbocycles. The summed E-state index contributed by atoms with van der Waals surface area (Å²) in [6.45, 7) is -0.256. The number of carbonyl (C=O) groups excluding carboxylic acids is 1. The molecule has 1 atom stereocenters. The average Bonchev–Trinajstić information content (AvgIpc) is 3.05. The molecule has 1 aromatic carbocycles. The van der Waals surface area contributed by atoms with Gasteiger partial charge in [0.05, 0.1) is 20.0 Å². The van der Waals surface area contributed by atoms with E-state index in [1.807, 2.05) is 0 Å². The predicted octanol–water partition coefficient (Wildman–Crippen LogP) is 2.80. The highest BCUT2D eigenvalue weighted by Gasteiger charge is 2.14. The fourth-order valence-electron chi connectivity index (χ4n) is 1.92. The number of hydrogen-bond acceptors (Lipinski definition) is 4. The van der Waals surface area contributed by atoms with Crippen molar-refractivity contribution in [2.24, 2.45) is 0 Å². The molecule has 0 aliphatic carbocycles.